The van der Waals surface area contributed by atoms with Crippen LogP contribution in [-0.2, 0) is 6.54 Å². The van der Waals surface area contributed by atoms with E-state index in [2.05, 4.69) is 20.3 Å². The van der Waals surface area contributed by atoms with Gasteiger partial charge in [0.1, 0.15) is 0 Å². The van der Waals surface area contributed by atoms with E-state index in [1.165, 1.54) is 0 Å². The Morgan fingerprint density at radius 2 is 1.89 bits per heavy atom. The van der Waals surface area contributed by atoms with E-state index in [1.807, 2.05) is 12.1 Å². The molecule has 0 aliphatic heterocycles. The van der Waals surface area contributed by atoms with Gasteiger partial charge in [0.2, 0.25) is 11.8 Å². The Kier molecular flexibility index (Phi) is 3.90. The zero-order valence-electron chi connectivity index (χ0n) is 10.3. The highest BCUT2D eigenvalue weighted by Crippen LogP contribution is 2.15. The zero-order chi connectivity index (χ0) is 12.8. The smallest absolute Gasteiger partial charge is 0.223 e. The quantitative estimate of drug-likeness (QED) is 0.862. The number of rotatable bonds is 5. The largest absolute Gasteiger partial charge is 0.494 e. The summed E-state index contributed by atoms with van der Waals surface area (Å²) in [5, 5.41) is 3.09. The predicted octanol–water partition coefficient (Wildman–Crippen LogP) is 1.50. The van der Waals surface area contributed by atoms with Gasteiger partial charge >= 0.3 is 0 Å². The standard InChI is InChI=1S/C12H14N4O2/c1-17-10-7-15-12(16-8-10)14-6-9-4-3-5-13-11(9)18-2/h3-5,7-8H,6H2,1-2H3,(H,14,15,16). The molecule has 94 valence electrons. The summed E-state index contributed by atoms with van der Waals surface area (Å²) >= 11 is 0. The molecule has 2 aromatic rings. The van der Waals surface area contributed by atoms with Crippen LogP contribution in [-0.4, -0.2) is 29.2 Å². The minimum atomic E-state index is 0.529. The number of hydrogen-bond donors (Lipinski definition) is 1. The van der Waals surface area contributed by atoms with E-state index in [9.17, 15) is 0 Å². The predicted molar refractivity (Wildman–Crippen MR) is 66.7 cm³/mol. The van der Waals surface area contributed by atoms with Gasteiger partial charge in [-0.1, -0.05) is 6.07 Å². The average Bonchev–Trinajstić information content (AvgIpc) is 2.46. The Morgan fingerprint density at radius 3 is 2.56 bits per heavy atom. The average molecular weight is 246 g/mol. The van der Waals surface area contributed by atoms with E-state index in [1.54, 1.807) is 32.8 Å². The normalized spacial score (nSPS) is 9.89. The van der Waals surface area contributed by atoms with Gasteiger partial charge in [-0.05, 0) is 6.07 Å². The number of methoxy groups -OCH3 is 2. The lowest BCUT2D eigenvalue weighted by Gasteiger charge is -2.08. The molecular weight excluding hydrogens is 232 g/mol. The van der Waals surface area contributed by atoms with Crippen LogP contribution in [0.3, 0.4) is 0 Å². The number of nitrogens with one attached hydrogen (secondary N) is 1. The van der Waals surface area contributed by atoms with Gasteiger partial charge in [-0.25, -0.2) is 15.0 Å². The lowest BCUT2D eigenvalue weighted by atomic mass is 10.3. The summed E-state index contributed by atoms with van der Waals surface area (Å²) in [5.74, 6) is 1.75. The number of anilines is 1. The lowest BCUT2D eigenvalue weighted by Crippen LogP contribution is -2.05. The minimum absolute atomic E-state index is 0.529. The van der Waals surface area contributed by atoms with Crippen molar-refractivity contribution in [2.45, 2.75) is 6.54 Å². The summed E-state index contributed by atoms with van der Waals surface area (Å²) in [4.78, 5) is 12.3. The number of hydrogen-bond acceptors (Lipinski definition) is 6. The van der Waals surface area contributed by atoms with Crippen molar-refractivity contribution >= 4 is 5.95 Å². The second-order valence-corrected chi connectivity index (χ2v) is 3.47. The number of pyridine rings is 1. The topological polar surface area (TPSA) is 69.2 Å². The van der Waals surface area contributed by atoms with E-state index in [-0.39, 0.29) is 0 Å². The molecule has 0 spiro atoms. The molecule has 6 nitrogen and oxygen atoms in total. The van der Waals surface area contributed by atoms with Gasteiger partial charge in [0.05, 0.1) is 26.6 Å². The van der Waals surface area contributed by atoms with E-state index < -0.39 is 0 Å². The first-order valence-electron chi connectivity index (χ1n) is 5.41. The van der Waals surface area contributed by atoms with Gasteiger partial charge in [0.25, 0.3) is 0 Å². The van der Waals surface area contributed by atoms with Crippen LogP contribution in [0, 0.1) is 0 Å². The maximum absolute atomic E-state index is 5.16. The molecule has 0 atom stereocenters. The molecular formula is C12H14N4O2. The molecule has 0 radical (unpaired) electrons. The highest BCUT2D eigenvalue weighted by molar-refractivity contribution is 5.32. The highest BCUT2D eigenvalue weighted by atomic mass is 16.5. The van der Waals surface area contributed by atoms with Crippen molar-refractivity contribution in [3.05, 3.63) is 36.3 Å². The van der Waals surface area contributed by atoms with Gasteiger partial charge in [0.15, 0.2) is 5.75 Å². The summed E-state index contributed by atoms with van der Waals surface area (Å²) in [5.41, 5.74) is 0.944. The molecule has 0 saturated carbocycles. The minimum Gasteiger partial charge on any atom is -0.494 e. The molecule has 0 amide bonds. The molecule has 0 aliphatic carbocycles. The van der Waals surface area contributed by atoms with Gasteiger partial charge in [0, 0.05) is 18.3 Å². The van der Waals surface area contributed by atoms with Crippen molar-refractivity contribution in [2.75, 3.05) is 19.5 Å². The van der Waals surface area contributed by atoms with Crippen LogP contribution in [0.5, 0.6) is 11.6 Å². The van der Waals surface area contributed by atoms with Crippen LogP contribution in [0.1, 0.15) is 5.56 Å². The Balaban J connectivity index is 2.02. The maximum Gasteiger partial charge on any atom is 0.223 e. The van der Waals surface area contributed by atoms with E-state index in [0.717, 1.165) is 5.56 Å². The molecule has 1 N–H and O–H groups in total. The molecule has 2 aromatic heterocycles. The van der Waals surface area contributed by atoms with Crippen LogP contribution in [0.15, 0.2) is 30.7 Å². The van der Waals surface area contributed by atoms with Crippen molar-refractivity contribution in [3.8, 4) is 11.6 Å². The molecule has 0 aromatic carbocycles. The first-order chi connectivity index (χ1) is 8.83. The fraction of sp³-hybridized carbons (Fsp3) is 0.250. The lowest BCUT2D eigenvalue weighted by molar-refractivity contribution is 0.393. The second-order valence-electron chi connectivity index (χ2n) is 3.47. The molecule has 0 fully saturated rings. The Bertz CT molecular complexity index is 502. The second kappa shape index (κ2) is 5.81. The summed E-state index contributed by atoms with van der Waals surface area (Å²) in [6.07, 6.45) is 4.90. The van der Waals surface area contributed by atoms with Crippen molar-refractivity contribution in [3.63, 3.8) is 0 Å². The third kappa shape index (κ3) is 2.85. The first kappa shape index (κ1) is 12.1. The van der Waals surface area contributed by atoms with Crippen LogP contribution in [0.4, 0.5) is 5.95 Å². The molecule has 2 rings (SSSR count). The van der Waals surface area contributed by atoms with Crippen molar-refractivity contribution in [1.29, 1.82) is 0 Å². The third-order valence-electron chi connectivity index (χ3n) is 2.34. The number of aromatic nitrogens is 3. The zero-order valence-corrected chi connectivity index (χ0v) is 10.3. The van der Waals surface area contributed by atoms with E-state index in [4.69, 9.17) is 9.47 Å². The first-order valence-corrected chi connectivity index (χ1v) is 5.41. The summed E-state index contributed by atoms with van der Waals surface area (Å²) in [6.45, 7) is 0.545. The summed E-state index contributed by atoms with van der Waals surface area (Å²) in [6, 6.07) is 3.79. The summed E-state index contributed by atoms with van der Waals surface area (Å²) in [7, 11) is 3.17. The molecule has 0 aliphatic rings. The molecule has 6 heteroatoms. The monoisotopic (exact) mass is 246 g/mol. The Morgan fingerprint density at radius 1 is 1.11 bits per heavy atom. The highest BCUT2D eigenvalue weighted by Gasteiger charge is 2.03. The third-order valence-corrected chi connectivity index (χ3v) is 2.34. The van der Waals surface area contributed by atoms with Crippen LogP contribution < -0.4 is 14.8 Å². The molecule has 18 heavy (non-hydrogen) atoms. The number of nitrogens with zero attached hydrogens (tertiary/aromatic N) is 3. The Hall–Kier alpha value is -2.37. The number of ether oxygens (including phenoxy) is 2. The fourth-order valence-electron chi connectivity index (χ4n) is 1.43. The van der Waals surface area contributed by atoms with Crippen LogP contribution in [0.25, 0.3) is 0 Å². The summed E-state index contributed by atoms with van der Waals surface area (Å²) < 4.78 is 10.1. The fourth-order valence-corrected chi connectivity index (χ4v) is 1.43. The van der Waals surface area contributed by atoms with Crippen molar-refractivity contribution in [1.82, 2.24) is 15.0 Å². The van der Waals surface area contributed by atoms with Gasteiger partial charge < -0.3 is 14.8 Å². The van der Waals surface area contributed by atoms with Crippen LogP contribution >= 0.6 is 0 Å². The van der Waals surface area contributed by atoms with E-state index >= 15 is 0 Å². The van der Waals surface area contributed by atoms with Gasteiger partial charge in [-0.2, -0.15) is 0 Å². The van der Waals surface area contributed by atoms with Gasteiger partial charge in [-0.15, -0.1) is 0 Å². The Labute approximate surface area is 105 Å². The molecule has 2 heterocycles. The van der Waals surface area contributed by atoms with Crippen LogP contribution in [0.2, 0.25) is 0 Å². The molecule has 0 bridgehead atoms. The van der Waals surface area contributed by atoms with Crippen molar-refractivity contribution < 1.29 is 9.47 Å². The maximum atomic E-state index is 5.16. The molecule has 0 saturated heterocycles. The molecule has 0 unspecified atom stereocenters. The van der Waals surface area contributed by atoms with Gasteiger partial charge in [-0.3, -0.25) is 0 Å². The van der Waals surface area contributed by atoms with E-state index in [0.29, 0.717) is 24.1 Å². The van der Waals surface area contributed by atoms with Crippen molar-refractivity contribution in [2.24, 2.45) is 0 Å². The SMILES string of the molecule is COc1cnc(NCc2cccnc2OC)nc1.